The van der Waals surface area contributed by atoms with Crippen LogP contribution >= 0.6 is 11.3 Å². The van der Waals surface area contributed by atoms with Crippen LogP contribution in [0.3, 0.4) is 0 Å². The highest BCUT2D eigenvalue weighted by Gasteiger charge is 2.45. The Morgan fingerprint density at radius 2 is 2.17 bits per heavy atom. The fourth-order valence-corrected chi connectivity index (χ4v) is 4.61. The number of rotatable bonds is 4. The van der Waals surface area contributed by atoms with E-state index in [1.54, 1.807) is 30.5 Å². The number of aromatic nitrogens is 5. The lowest BCUT2D eigenvalue weighted by atomic mass is 9.99. The van der Waals surface area contributed by atoms with Gasteiger partial charge in [-0.05, 0) is 6.42 Å². The number of anilines is 2. The normalized spacial score (nSPS) is 21.2. The monoisotopic (exact) mass is 411 g/mol. The van der Waals surface area contributed by atoms with E-state index in [1.165, 1.54) is 11.3 Å². The van der Waals surface area contributed by atoms with E-state index in [0.717, 1.165) is 23.7 Å². The van der Waals surface area contributed by atoms with Gasteiger partial charge >= 0.3 is 0 Å². The van der Waals surface area contributed by atoms with E-state index in [0.29, 0.717) is 30.6 Å². The van der Waals surface area contributed by atoms with E-state index in [2.05, 4.69) is 26.8 Å². The zero-order valence-corrected chi connectivity index (χ0v) is 17.0. The van der Waals surface area contributed by atoms with Crippen molar-refractivity contribution < 1.29 is 9.53 Å². The Morgan fingerprint density at radius 1 is 1.28 bits per heavy atom. The number of fused-ring (bicyclic) bond motifs is 3. The third kappa shape index (κ3) is 2.90. The summed E-state index contributed by atoms with van der Waals surface area (Å²) in [7, 11) is 1.78. The first-order valence-electron chi connectivity index (χ1n) is 9.65. The number of hydrogen-bond acceptors (Lipinski definition) is 8. The van der Waals surface area contributed by atoms with Crippen molar-refractivity contribution in [3.8, 4) is 16.8 Å². The molecule has 150 valence electrons. The molecule has 1 fully saturated rings. The molecule has 1 amide bonds. The summed E-state index contributed by atoms with van der Waals surface area (Å²) in [6, 6.07) is -0.356. The van der Waals surface area contributed by atoms with Crippen molar-refractivity contribution in [2.24, 2.45) is 0 Å². The molecule has 2 atom stereocenters. The van der Waals surface area contributed by atoms with Gasteiger partial charge in [0.05, 0.1) is 18.9 Å². The fourth-order valence-electron chi connectivity index (χ4n) is 3.98. The van der Waals surface area contributed by atoms with Crippen LogP contribution < -0.4 is 9.80 Å². The van der Waals surface area contributed by atoms with Crippen molar-refractivity contribution in [2.75, 3.05) is 30.0 Å². The molecule has 0 aliphatic carbocycles. The first-order valence-corrected chi connectivity index (χ1v) is 10.5. The maximum atomic E-state index is 13.1. The quantitative estimate of drug-likeness (QED) is 0.650. The summed E-state index contributed by atoms with van der Waals surface area (Å²) in [6.45, 7) is 3.30. The van der Waals surface area contributed by atoms with Crippen LogP contribution in [0.15, 0.2) is 30.2 Å². The highest BCUT2D eigenvalue weighted by Crippen LogP contribution is 2.37. The molecule has 0 radical (unpaired) electrons. The van der Waals surface area contributed by atoms with Gasteiger partial charge < -0.3 is 14.5 Å². The molecule has 2 aliphatic heterocycles. The molecular formula is C19H21N7O2S. The second-order valence-electron chi connectivity index (χ2n) is 7.07. The highest BCUT2D eigenvalue weighted by atomic mass is 32.1. The molecule has 2 aliphatic rings. The minimum atomic E-state index is -0.356. The van der Waals surface area contributed by atoms with Gasteiger partial charge in [0, 0.05) is 37.6 Å². The average molecular weight is 411 g/mol. The molecule has 2 unspecified atom stereocenters. The highest BCUT2D eigenvalue weighted by molar-refractivity contribution is 7.13. The van der Waals surface area contributed by atoms with Crippen LogP contribution in [0.4, 0.5) is 11.5 Å². The molecule has 5 rings (SSSR count). The molecule has 9 nitrogen and oxygen atoms in total. The van der Waals surface area contributed by atoms with E-state index < -0.39 is 0 Å². The summed E-state index contributed by atoms with van der Waals surface area (Å²) in [5.41, 5.74) is 0.711. The lowest BCUT2D eigenvalue weighted by molar-refractivity contribution is -0.125. The Hall–Kier alpha value is -2.85. The first kappa shape index (κ1) is 18.2. The van der Waals surface area contributed by atoms with E-state index in [1.807, 2.05) is 16.1 Å². The van der Waals surface area contributed by atoms with Gasteiger partial charge in [-0.15, -0.1) is 11.3 Å². The molecule has 0 N–H and O–H groups in total. The number of carbonyl (C=O) groups is 1. The van der Waals surface area contributed by atoms with Crippen LogP contribution in [-0.4, -0.2) is 62.8 Å². The molecule has 0 bridgehead atoms. The smallest absolute Gasteiger partial charge is 0.252 e. The molecule has 0 spiro atoms. The Labute approximate surface area is 172 Å². The van der Waals surface area contributed by atoms with Gasteiger partial charge in [-0.2, -0.15) is 4.98 Å². The van der Waals surface area contributed by atoms with Crippen molar-refractivity contribution in [2.45, 2.75) is 31.9 Å². The Morgan fingerprint density at radius 3 is 2.97 bits per heavy atom. The molecule has 3 aromatic rings. The van der Waals surface area contributed by atoms with Crippen LogP contribution in [0, 0.1) is 0 Å². The standard InChI is InChI=1S/C19H21N7O2S/c1-3-4-13-14-18(27)24(2)12-11-22-19(23-15(12)25(14)8-9-28-13)26-7-5-20-16(26)17-21-6-10-29-17/h5-7,10-11,13-14H,3-4,8-9H2,1-2H3. The Balaban J connectivity index is 1.59. The average Bonchev–Trinajstić information content (AvgIpc) is 3.43. The molecule has 1 saturated heterocycles. The van der Waals surface area contributed by atoms with E-state index >= 15 is 0 Å². The van der Waals surface area contributed by atoms with Crippen molar-refractivity contribution in [1.82, 2.24) is 24.5 Å². The summed E-state index contributed by atoms with van der Waals surface area (Å²) in [5, 5.41) is 2.71. The number of hydrogen-bond donors (Lipinski definition) is 0. The van der Waals surface area contributed by atoms with Gasteiger partial charge in [0.15, 0.2) is 16.6 Å². The third-order valence-corrected chi connectivity index (χ3v) is 6.13. The molecule has 10 heteroatoms. The van der Waals surface area contributed by atoms with Crippen LogP contribution in [0.25, 0.3) is 16.8 Å². The van der Waals surface area contributed by atoms with Crippen molar-refractivity contribution in [3.63, 3.8) is 0 Å². The van der Waals surface area contributed by atoms with Crippen LogP contribution in [0.2, 0.25) is 0 Å². The van der Waals surface area contributed by atoms with Gasteiger partial charge in [-0.3, -0.25) is 9.36 Å². The van der Waals surface area contributed by atoms with Crippen LogP contribution in [0.5, 0.6) is 0 Å². The predicted octanol–water partition coefficient (Wildman–Crippen LogP) is 2.14. The molecule has 3 aromatic heterocycles. The number of nitrogens with zero attached hydrogens (tertiary/aromatic N) is 7. The zero-order chi connectivity index (χ0) is 20.0. The Bertz CT molecular complexity index is 1030. The largest absolute Gasteiger partial charge is 0.374 e. The molecular weight excluding hydrogens is 390 g/mol. The minimum Gasteiger partial charge on any atom is -0.374 e. The topological polar surface area (TPSA) is 89.3 Å². The van der Waals surface area contributed by atoms with E-state index in [4.69, 9.17) is 9.72 Å². The number of imidazole rings is 1. The molecule has 29 heavy (non-hydrogen) atoms. The number of amides is 1. The second-order valence-corrected chi connectivity index (χ2v) is 7.96. The van der Waals surface area contributed by atoms with Crippen LogP contribution in [0.1, 0.15) is 19.8 Å². The summed E-state index contributed by atoms with van der Waals surface area (Å²) in [5.74, 6) is 1.98. The van der Waals surface area contributed by atoms with E-state index in [-0.39, 0.29) is 18.1 Å². The van der Waals surface area contributed by atoms with Crippen LogP contribution in [-0.2, 0) is 9.53 Å². The van der Waals surface area contributed by atoms with Gasteiger partial charge in [-0.25, -0.2) is 15.0 Å². The third-order valence-electron chi connectivity index (χ3n) is 5.36. The number of morpholine rings is 1. The van der Waals surface area contributed by atoms with Crippen molar-refractivity contribution in [3.05, 3.63) is 30.2 Å². The summed E-state index contributed by atoms with van der Waals surface area (Å²) < 4.78 is 7.77. The predicted molar refractivity (Wildman–Crippen MR) is 109 cm³/mol. The molecule has 5 heterocycles. The van der Waals surface area contributed by atoms with Gasteiger partial charge in [0.25, 0.3) is 5.91 Å². The molecule has 0 saturated carbocycles. The summed E-state index contributed by atoms with van der Waals surface area (Å²) in [4.78, 5) is 34.9. The SMILES string of the molecule is CCCC1OCCN2c3nc(-n4ccnc4-c4nccs4)ncc3N(C)C(=O)C12. The Kier molecular flexibility index (Phi) is 4.51. The maximum Gasteiger partial charge on any atom is 0.252 e. The fraction of sp³-hybridized carbons (Fsp3) is 0.421. The van der Waals surface area contributed by atoms with Crippen molar-refractivity contribution >= 4 is 28.7 Å². The maximum absolute atomic E-state index is 13.1. The van der Waals surface area contributed by atoms with E-state index in [9.17, 15) is 4.79 Å². The number of likely N-dealkylation sites (N-methyl/N-ethyl adjacent to an activating group) is 1. The summed E-state index contributed by atoms with van der Waals surface area (Å²) >= 11 is 1.51. The number of carbonyl (C=O) groups excluding carboxylic acids is 1. The van der Waals surface area contributed by atoms with Gasteiger partial charge in [-0.1, -0.05) is 13.3 Å². The molecule has 0 aromatic carbocycles. The van der Waals surface area contributed by atoms with Gasteiger partial charge in [0.1, 0.15) is 11.7 Å². The lowest BCUT2D eigenvalue weighted by Gasteiger charge is -2.46. The number of thiazole rings is 1. The number of ether oxygens (including phenoxy) is 1. The van der Waals surface area contributed by atoms with Crippen molar-refractivity contribution in [1.29, 1.82) is 0 Å². The zero-order valence-electron chi connectivity index (χ0n) is 16.2. The minimum absolute atomic E-state index is 0.0260. The lowest BCUT2D eigenvalue weighted by Crippen LogP contribution is -2.62. The first-order chi connectivity index (χ1) is 14.2. The van der Waals surface area contributed by atoms with Gasteiger partial charge in [0.2, 0.25) is 5.95 Å². The second kappa shape index (κ2) is 7.20. The summed E-state index contributed by atoms with van der Waals surface area (Å²) in [6.07, 6.45) is 8.66.